The van der Waals surface area contributed by atoms with Crippen LogP contribution in [0.25, 0.3) is 21.9 Å². The molecule has 2 N–H and O–H groups in total. The van der Waals surface area contributed by atoms with Crippen LogP contribution in [0.5, 0.6) is 5.75 Å². The molecule has 2 amide bonds. The first-order valence-corrected chi connectivity index (χ1v) is 14.6. The Hall–Kier alpha value is -3.77. The summed E-state index contributed by atoms with van der Waals surface area (Å²) in [6, 6.07) is 29.9. The van der Waals surface area contributed by atoms with Crippen molar-refractivity contribution in [2.75, 3.05) is 12.4 Å². The Bertz CT molecular complexity index is 1450. The first kappa shape index (κ1) is 26.8. The molecule has 0 aliphatic carbocycles. The molecular weight excluding hydrogens is 504 g/mol. The zero-order chi connectivity index (χ0) is 27.0. The molecule has 5 nitrogen and oxygen atoms in total. The van der Waals surface area contributed by atoms with Crippen LogP contribution in [0.4, 0.5) is 0 Å². The monoisotopic (exact) mass is 538 g/mol. The van der Waals surface area contributed by atoms with Crippen LogP contribution in [-0.2, 0) is 16.0 Å². The summed E-state index contributed by atoms with van der Waals surface area (Å²) in [4.78, 5) is 27.5. The van der Waals surface area contributed by atoms with E-state index in [0.29, 0.717) is 13.0 Å². The molecule has 2 bridgehead atoms. The quantitative estimate of drug-likeness (QED) is 0.317. The molecule has 5 rings (SSSR count). The Morgan fingerprint density at radius 1 is 0.949 bits per heavy atom. The predicted octanol–water partition coefficient (Wildman–Crippen LogP) is 6.39. The molecule has 0 saturated carbocycles. The smallest absolute Gasteiger partial charge is 0.242 e. The molecule has 0 saturated heterocycles. The van der Waals surface area contributed by atoms with Crippen molar-refractivity contribution in [3.8, 4) is 16.9 Å². The van der Waals surface area contributed by atoms with E-state index in [4.69, 9.17) is 4.74 Å². The maximum atomic E-state index is 13.2. The lowest BCUT2D eigenvalue weighted by Gasteiger charge is -2.22. The molecule has 0 fully saturated rings. The van der Waals surface area contributed by atoms with Gasteiger partial charge in [-0.2, -0.15) is 0 Å². The summed E-state index contributed by atoms with van der Waals surface area (Å²) in [6.45, 7) is 2.26. The third kappa shape index (κ3) is 7.21. The number of hydrogen-bond donors (Lipinski definition) is 2. The summed E-state index contributed by atoms with van der Waals surface area (Å²) in [6.07, 6.45) is 2.60. The van der Waals surface area contributed by atoms with Gasteiger partial charge in [-0.1, -0.05) is 79.2 Å². The van der Waals surface area contributed by atoms with Gasteiger partial charge in [0.1, 0.15) is 18.4 Å². The predicted molar refractivity (Wildman–Crippen MR) is 159 cm³/mol. The van der Waals surface area contributed by atoms with Gasteiger partial charge in [0.25, 0.3) is 0 Å². The third-order valence-corrected chi connectivity index (χ3v) is 8.06. The largest absolute Gasteiger partial charge is 0.491 e. The van der Waals surface area contributed by atoms with E-state index in [0.717, 1.165) is 46.2 Å². The molecule has 0 aromatic heterocycles. The fourth-order valence-electron chi connectivity index (χ4n) is 4.87. The fourth-order valence-corrected chi connectivity index (χ4v) is 5.96. The van der Waals surface area contributed by atoms with Crippen molar-refractivity contribution in [1.82, 2.24) is 10.6 Å². The van der Waals surface area contributed by atoms with E-state index >= 15 is 0 Å². The average molecular weight is 539 g/mol. The first-order valence-electron chi connectivity index (χ1n) is 13.6. The zero-order valence-corrected chi connectivity index (χ0v) is 23.0. The summed E-state index contributed by atoms with van der Waals surface area (Å²) >= 11 is 1.82. The minimum absolute atomic E-state index is 0.149. The Morgan fingerprint density at radius 3 is 2.67 bits per heavy atom. The Kier molecular flexibility index (Phi) is 8.84. The molecule has 2 atom stereocenters. The number of carbonyl (C=O) groups excluding carboxylic acids is 2. The number of thioether (sulfide) groups is 1. The molecule has 4 aromatic rings. The SMILES string of the molecule is C[C@@H]1COc2cccc(c2)-c2ccccc2SCCCC[C@H](NC(=O)Cc2ccc3ccccc3c2)C(=O)N1. The van der Waals surface area contributed by atoms with Crippen LogP contribution < -0.4 is 15.4 Å². The van der Waals surface area contributed by atoms with Gasteiger partial charge in [-0.3, -0.25) is 9.59 Å². The number of ether oxygens (including phenoxy) is 1. The van der Waals surface area contributed by atoms with Crippen molar-refractivity contribution in [2.45, 2.75) is 49.6 Å². The van der Waals surface area contributed by atoms with Crippen molar-refractivity contribution in [3.05, 3.63) is 96.6 Å². The van der Waals surface area contributed by atoms with Crippen molar-refractivity contribution < 1.29 is 14.3 Å². The highest BCUT2D eigenvalue weighted by molar-refractivity contribution is 7.99. The second-order valence-corrected chi connectivity index (χ2v) is 11.2. The zero-order valence-electron chi connectivity index (χ0n) is 22.2. The number of rotatable bonds is 3. The van der Waals surface area contributed by atoms with Gasteiger partial charge in [-0.25, -0.2) is 0 Å². The van der Waals surface area contributed by atoms with Crippen molar-refractivity contribution in [1.29, 1.82) is 0 Å². The maximum Gasteiger partial charge on any atom is 0.242 e. The minimum Gasteiger partial charge on any atom is -0.491 e. The topological polar surface area (TPSA) is 67.4 Å². The second kappa shape index (κ2) is 12.9. The van der Waals surface area contributed by atoms with Gasteiger partial charge in [-0.05, 0) is 71.2 Å². The number of benzene rings is 4. The lowest BCUT2D eigenvalue weighted by Crippen LogP contribution is -2.50. The number of amides is 2. The van der Waals surface area contributed by atoms with Crippen LogP contribution in [0.15, 0.2) is 95.9 Å². The van der Waals surface area contributed by atoms with E-state index in [1.165, 1.54) is 10.5 Å². The number of hydrogen-bond acceptors (Lipinski definition) is 4. The highest BCUT2D eigenvalue weighted by atomic mass is 32.2. The summed E-state index contributed by atoms with van der Waals surface area (Å²) in [7, 11) is 0. The number of nitrogens with one attached hydrogen (secondary N) is 2. The Labute approximate surface area is 234 Å². The number of carbonyl (C=O) groups is 2. The third-order valence-electron chi connectivity index (χ3n) is 6.90. The molecule has 1 aliphatic rings. The summed E-state index contributed by atoms with van der Waals surface area (Å²) in [5.41, 5.74) is 3.24. The molecule has 1 heterocycles. The summed E-state index contributed by atoms with van der Waals surface area (Å²) in [5.74, 6) is 1.38. The lowest BCUT2D eigenvalue weighted by molar-refractivity contribution is -0.129. The molecule has 4 aromatic carbocycles. The van der Waals surface area contributed by atoms with Gasteiger partial charge >= 0.3 is 0 Å². The Balaban J connectivity index is 1.28. The van der Waals surface area contributed by atoms with E-state index in [1.54, 1.807) is 0 Å². The van der Waals surface area contributed by atoms with Crippen LogP contribution in [-0.4, -0.2) is 36.3 Å². The molecule has 6 heteroatoms. The van der Waals surface area contributed by atoms with Gasteiger partial charge < -0.3 is 15.4 Å². The van der Waals surface area contributed by atoms with Crippen LogP contribution in [0, 0.1) is 0 Å². The molecule has 0 radical (unpaired) electrons. The maximum absolute atomic E-state index is 13.2. The van der Waals surface area contributed by atoms with Crippen LogP contribution in [0.2, 0.25) is 0 Å². The van der Waals surface area contributed by atoms with E-state index in [2.05, 4.69) is 53.1 Å². The van der Waals surface area contributed by atoms with Gasteiger partial charge in [0, 0.05) is 4.90 Å². The van der Waals surface area contributed by atoms with Crippen molar-refractivity contribution >= 4 is 34.3 Å². The molecule has 1 aliphatic heterocycles. The van der Waals surface area contributed by atoms with Crippen LogP contribution >= 0.6 is 11.8 Å². The van der Waals surface area contributed by atoms with E-state index in [9.17, 15) is 9.59 Å². The van der Waals surface area contributed by atoms with Gasteiger partial charge in [-0.15, -0.1) is 11.8 Å². The average Bonchev–Trinajstić information content (AvgIpc) is 2.95. The highest BCUT2D eigenvalue weighted by Crippen LogP contribution is 2.33. The van der Waals surface area contributed by atoms with E-state index in [1.807, 2.05) is 67.2 Å². The molecular formula is C33H34N2O3S. The molecule has 39 heavy (non-hydrogen) atoms. The van der Waals surface area contributed by atoms with Crippen molar-refractivity contribution in [2.24, 2.45) is 0 Å². The fraction of sp³-hybridized carbons (Fsp3) is 0.273. The standard InChI is InChI=1S/C33H34N2O3S/c1-23-22-38-28-12-8-11-27(21-28)29-13-4-5-15-31(29)39-18-7-6-14-30(33(37)34-23)35-32(36)20-24-16-17-25-9-2-3-10-26(25)19-24/h2-5,8-13,15-17,19,21,23,30H,6-7,14,18,20,22H2,1H3,(H,34,37)(H,35,36)/t23-,30+/m1/s1. The molecule has 200 valence electrons. The van der Waals surface area contributed by atoms with E-state index < -0.39 is 6.04 Å². The van der Waals surface area contributed by atoms with Gasteiger partial charge in [0.05, 0.1) is 12.5 Å². The minimum atomic E-state index is -0.589. The summed E-state index contributed by atoms with van der Waals surface area (Å²) < 4.78 is 6.04. The first-order chi connectivity index (χ1) is 19.0. The van der Waals surface area contributed by atoms with Crippen LogP contribution in [0.1, 0.15) is 31.7 Å². The second-order valence-electron chi connectivity index (χ2n) is 10.1. The van der Waals surface area contributed by atoms with Crippen LogP contribution in [0.3, 0.4) is 0 Å². The summed E-state index contributed by atoms with van der Waals surface area (Å²) in [5, 5.41) is 8.30. The van der Waals surface area contributed by atoms with Gasteiger partial charge in [0.15, 0.2) is 0 Å². The van der Waals surface area contributed by atoms with Gasteiger partial charge in [0.2, 0.25) is 11.8 Å². The highest BCUT2D eigenvalue weighted by Gasteiger charge is 2.22. The van der Waals surface area contributed by atoms with E-state index in [-0.39, 0.29) is 24.3 Å². The molecule has 0 unspecified atom stereocenters. The number of fused-ring (bicyclic) bond motifs is 5. The molecule has 0 spiro atoms. The normalized spacial score (nSPS) is 18.4. The van der Waals surface area contributed by atoms with Crippen molar-refractivity contribution in [3.63, 3.8) is 0 Å². The Morgan fingerprint density at radius 2 is 1.77 bits per heavy atom. The lowest BCUT2D eigenvalue weighted by atomic mass is 10.0.